The first-order valence-electron chi connectivity index (χ1n) is 9.77. The minimum absolute atomic E-state index is 0.212. The Balaban J connectivity index is 1.63. The van der Waals surface area contributed by atoms with Crippen LogP contribution in [0.1, 0.15) is 18.1 Å². The van der Waals surface area contributed by atoms with E-state index in [-0.39, 0.29) is 18.3 Å². The Hall–Kier alpha value is -3.93. The van der Waals surface area contributed by atoms with Gasteiger partial charge in [0.25, 0.3) is 5.91 Å². The Kier molecular flexibility index (Phi) is 5.80. The van der Waals surface area contributed by atoms with Crippen molar-refractivity contribution in [3.8, 4) is 11.5 Å². The molecule has 1 amide bonds. The predicted molar refractivity (Wildman–Crippen MR) is 119 cm³/mol. The van der Waals surface area contributed by atoms with Gasteiger partial charge in [-0.25, -0.2) is 4.39 Å². The minimum atomic E-state index is -0.295. The summed E-state index contributed by atoms with van der Waals surface area (Å²) in [4.78, 5) is 13.0. The van der Waals surface area contributed by atoms with E-state index in [1.165, 1.54) is 17.1 Å². The second kappa shape index (κ2) is 8.83. The van der Waals surface area contributed by atoms with Crippen LogP contribution >= 0.6 is 0 Å². The molecule has 0 spiro atoms. The molecule has 156 valence electrons. The Morgan fingerprint density at radius 3 is 2.48 bits per heavy atom. The highest BCUT2D eigenvalue weighted by atomic mass is 19.1. The van der Waals surface area contributed by atoms with Gasteiger partial charge in [-0.05, 0) is 61.0 Å². The van der Waals surface area contributed by atoms with Crippen LogP contribution in [0.2, 0.25) is 0 Å². The molecule has 0 aromatic heterocycles. The molecule has 0 atom stereocenters. The van der Waals surface area contributed by atoms with Crippen molar-refractivity contribution in [2.45, 2.75) is 13.5 Å². The van der Waals surface area contributed by atoms with Crippen LogP contribution < -0.4 is 14.5 Å². The third-order valence-corrected chi connectivity index (χ3v) is 4.89. The van der Waals surface area contributed by atoms with Crippen molar-refractivity contribution < 1.29 is 18.7 Å². The van der Waals surface area contributed by atoms with Crippen LogP contribution in [-0.2, 0) is 11.4 Å². The van der Waals surface area contributed by atoms with Crippen molar-refractivity contribution in [3.63, 3.8) is 0 Å². The summed E-state index contributed by atoms with van der Waals surface area (Å²) in [6.45, 7) is 2.06. The molecule has 3 aromatic rings. The van der Waals surface area contributed by atoms with E-state index in [2.05, 4.69) is 5.10 Å². The van der Waals surface area contributed by atoms with E-state index in [0.717, 1.165) is 5.56 Å². The number of hydrogen-bond donors (Lipinski definition) is 0. The standard InChI is InChI=1S/C25H21FN2O3/c1-17-23(25(29)28(27-17)21-6-4-3-5-7-21)15-19-14-22(30-2)12-13-24(19)31-16-18-8-10-20(26)11-9-18/h3-15H,16H2,1-2H3/b23-15+. The molecule has 0 N–H and O–H groups in total. The van der Waals surface area contributed by atoms with Crippen LogP contribution in [-0.4, -0.2) is 18.7 Å². The fourth-order valence-electron chi connectivity index (χ4n) is 3.22. The van der Waals surface area contributed by atoms with Gasteiger partial charge < -0.3 is 9.47 Å². The second-order valence-corrected chi connectivity index (χ2v) is 7.01. The smallest absolute Gasteiger partial charge is 0.280 e. The lowest BCUT2D eigenvalue weighted by atomic mass is 10.1. The van der Waals surface area contributed by atoms with Crippen molar-refractivity contribution in [1.82, 2.24) is 0 Å². The zero-order chi connectivity index (χ0) is 21.8. The topological polar surface area (TPSA) is 51.1 Å². The Morgan fingerprint density at radius 1 is 1.03 bits per heavy atom. The van der Waals surface area contributed by atoms with Crippen LogP contribution in [0.25, 0.3) is 6.08 Å². The number of para-hydroxylation sites is 1. The number of methoxy groups -OCH3 is 1. The molecule has 0 radical (unpaired) electrons. The van der Waals surface area contributed by atoms with E-state index in [0.29, 0.717) is 34.0 Å². The van der Waals surface area contributed by atoms with Crippen molar-refractivity contribution in [1.29, 1.82) is 0 Å². The van der Waals surface area contributed by atoms with Gasteiger partial charge in [-0.3, -0.25) is 4.79 Å². The van der Waals surface area contributed by atoms with Gasteiger partial charge in [0.05, 0.1) is 24.1 Å². The minimum Gasteiger partial charge on any atom is -0.497 e. The van der Waals surface area contributed by atoms with Crippen molar-refractivity contribution in [3.05, 3.63) is 95.3 Å². The summed E-state index contributed by atoms with van der Waals surface area (Å²) in [5.74, 6) is 0.712. The number of hydrogen-bond acceptors (Lipinski definition) is 4. The SMILES string of the molecule is COc1ccc(OCc2ccc(F)cc2)c(/C=C2/C(=O)N(c3ccccc3)N=C2C)c1. The number of carbonyl (C=O) groups excluding carboxylic acids is 1. The molecule has 5 nitrogen and oxygen atoms in total. The lowest BCUT2D eigenvalue weighted by Gasteiger charge is -2.13. The maximum absolute atomic E-state index is 13.1. The number of rotatable bonds is 6. The summed E-state index contributed by atoms with van der Waals surface area (Å²) in [6.07, 6.45) is 1.76. The molecule has 1 aliphatic heterocycles. The van der Waals surface area contributed by atoms with Crippen LogP contribution in [0.4, 0.5) is 10.1 Å². The van der Waals surface area contributed by atoms with Gasteiger partial charge >= 0.3 is 0 Å². The van der Waals surface area contributed by atoms with Crippen LogP contribution in [0.3, 0.4) is 0 Å². The Morgan fingerprint density at radius 2 is 1.77 bits per heavy atom. The molecule has 3 aromatic carbocycles. The van der Waals surface area contributed by atoms with E-state index in [4.69, 9.17) is 9.47 Å². The summed E-state index contributed by atoms with van der Waals surface area (Å²) in [5.41, 5.74) is 3.31. The molecule has 4 rings (SSSR count). The van der Waals surface area contributed by atoms with Gasteiger partial charge in [0.15, 0.2) is 0 Å². The van der Waals surface area contributed by atoms with E-state index in [1.54, 1.807) is 50.4 Å². The van der Waals surface area contributed by atoms with Gasteiger partial charge in [0, 0.05) is 5.56 Å². The summed E-state index contributed by atoms with van der Waals surface area (Å²) < 4.78 is 24.5. The number of carbonyl (C=O) groups is 1. The van der Waals surface area contributed by atoms with Crippen molar-refractivity contribution in [2.75, 3.05) is 12.1 Å². The quantitative estimate of drug-likeness (QED) is 0.518. The molecule has 1 heterocycles. The van der Waals surface area contributed by atoms with Gasteiger partial charge in [0.1, 0.15) is 23.9 Å². The molecular formula is C25H21FN2O3. The van der Waals surface area contributed by atoms with Gasteiger partial charge in [-0.1, -0.05) is 30.3 Å². The number of amides is 1. The maximum Gasteiger partial charge on any atom is 0.280 e. The third kappa shape index (κ3) is 4.48. The summed E-state index contributed by atoms with van der Waals surface area (Å²) in [6, 6.07) is 20.8. The van der Waals surface area contributed by atoms with Gasteiger partial charge in [0.2, 0.25) is 0 Å². The highest BCUT2D eigenvalue weighted by molar-refractivity contribution is 6.32. The first-order valence-corrected chi connectivity index (χ1v) is 9.77. The second-order valence-electron chi connectivity index (χ2n) is 7.01. The summed E-state index contributed by atoms with van der Waals surface area (Å²) in [5, 5.41) is 5.81. The zero-order valence-corrected chi connectivity index (χ0v) is 17.2. The average Bonchev–Trinajstić information content (AvgIpc) is 3.08. The first-order chi connectivity index (χ1) is 15.0. The van der Waals surface area contributed by atoms with E-state index >= 15 is 0 Å². The molecule has 6 heteroatoms. The highest BCUT2D eigenvalue weighted by Crippen LogP contribution is 2.30. The number of ether oxygens (including phenoxy) is 2. The molecule has 1 aliphatic rings. The average molecular weight is 416 g/mol. The fourth-order valence-corrected chi connectivity index (χ4v) is 3.22. The molecule has 0 aliphatic carbocycles. The molecular weight excluding hydrogens is 395 g/mol. The van der Waals surface area contributed by atoms with Crippen molar-refractivity contribution >= 4 is 23.4 Å². The summed E-state index contributed by atoms with van der Waals surface area (Å²) in [7, 11) is 1.58. The van der Waals surface area contributed by atoms with Crippen LogP contribution in [0.15, 0.2) is 83.5 Å². The highest BCUT2D eigenvalue weighted by Gasteiger charge is 2.29. The Bertz CT molecular complexity index is 1160. The number of nitrogens with zero attached hydrogens (tertiary/aromatic N) is 2. The molecule has 0 saturated heterocycles. The third-order valence-electron chi connectivity index (χ3n) is 4.89. The summed E-state index contributed by atoms with van der Waals surface area (Å²) >= 11 is 0. The molecule has 0 fully saturated rings. The van der Waals surface area contributed by atoms with E-state index in [9.17, 15) is 9.18 Å². The lowest BCUT2D eigenvalue weighted by molar-refractivity contribution is -0.114. The molecule has 0 bridgehead atoms. The number of anilines is 1. The van der Waals surface area contributed by atoms with Crippen LogP contribution in [0.5, 0.6) is 11.5 Å². The fraction of sp³-hybridized carbons (Fsp3) is 0.120. The number of halogens is 1. The largest absolute Gasteiger partial charge is 0.497 e. The van der Waals surface area contributed by atoms with Gasteiger partial charge in [-0.15, -0.1) is 0 Å². The van der Waals surface area contributed by atoms with Crippen molar-refractivity contribution in [2.24, 2.45) is 5.10 Å². The molecule has 0 saturated carbocycles. The monoisotopic (exact) mass is 416 g/mol. The van der Waals surface area contributed by atoms with Crippen LogP contribution in [0, 0.1) is 5.82 Å². The van der Waals surface area contributed by atoms with E-state index < -0.39 is 0 Å². The number of hydrazone groups is 1. The maximum atomic E-state index is 13.1. The predicted octanol–water partition coefficient (Wildman–Crippen LogP) is 5.22. The zero-order valence-electron chi connectivity index (χ0n) is 17.2. The van der Waals surface area contributed by atoms with E-state index in [1.807, 2.05) is 30.3 Å². The normalized spacial score (nSPS) is 14.7. The lowest BCUT2D eigenvalue weighted by Crippen LogP contribution is -2.21. The van der Waals surface area contributed by atoms with Gasteiger partial charge in [-0.2, -0.15) is 10.1 Å². The molecule has 0 unspecified atom stereocenters. The number of benzene rings is 3. The molecule has 31 heavy (non-hydrogen) atoms. The first kappa shape index (κ1) is 20.3. The Labute approximate surface area is 180 Å².